The van der Waals surface area contributed by atoms with Gasteiger partial charge in [-0.2, -0.15) is 5.26 Å². The zero-order valence-electron chi connectivity index (χ0n) is 10.9. The highest BCUT2D eigenvalue weighted by atomic mass is 79.9. The van der Waals surface area contributed by atoms with Crippen LogP contribution in [-0.2, 0) is 0 Å². The number of amides is 2. The van der Waals surface area contributed by atoms with Crippen molar-refractivity contribution >= 4 is 33.6 Å². The van der Waals surface area contributed by atoms with E-state index < -0.39 is 17.4 Å². The molecule has 0 saturated carbocycles. The largest absolute Gasteiger partial charge is 0.384 e. The minimum atomic E-state index is -0.644. The molecule has 0 spiro atoms. The van der Waals surface area contributed by atoms with E-state index in [4.69, 9.17) is 11.0 Å². The van der Waals surface area contributed by atoms with Crippen LogP contribution in [0.5, 0.6) is 0 Å². The number of rotatable bonds is 1. The van der Waals surface area contributed by atoms with E-state index in [0.29, 0.717) is 15.7 Å². The van der Waals surface area contributed by atoms with Crippen molar-refractivity contribution in [2.24, 2.45) is 0 Å². The molecule has 0 bridgehead atoms. The van der Waals surface area contributed by atoms with Crippen molar-refractivity contribution in [3.63, 3.8) is 0 Å². The van der Waals surface area contributed by atoms with Crippen molar-refractivity contribution in [1.29, 1.82) is 5.26 Å². The molecule has 0 unspecified atom stereocenters. The van der Waals surface area contributed by atoms with Gasteiger partial charge in [-0.3, -0.25) is 24.3 Å². The average molecular weight is 359 g/mol. The number of pyridine rings is 1. The molecular weight excluding hydrogens is 352 g/mol. The molecule has 1 aromatic heterocycles. The Kier molecular flexibility index (Phi) is 3.08. The number of hydrogen-bond donors (Lipinski definition) is 2. The fraction of sp³-hybridized carbons (Fsp3) is 0. The molecule has 3 rings (SSSR count). The lowest BCUT2D eigenvalue weighted by Gasteiger charge is -2.13. The van der Waals surface area contributed by atoms with E-state index in [2.05, 4.69) is 21.2 Å². The predicted molar refractivity (Wildman–Crippen MR) is 80.7 cm³/mol. The standard InChI is InChI=1S/C14H7BrN4O3/c15-8-3-6(5-16)1-2-9(8)19-10(20)4-7-11(12(19)17)14(22)18-13(7)21/h1-4H,17H2,(H,18,21,22). The fourth-order valence-corrected chi connectivity index (χ4v) is 2.84. The van der Waals surface area contributed by atoms with Gasteiger partial charge in [0.25, 0.3) is 17.4 Å². The van der Waals surface area contributed by atoms with Gasteiger partial charge in [-0.1, -0.05) is 0 Å². The van der Waals surface area contributed by atoms with Gasteiger partial charge in [0.15, 0.2) is 0 Å². The molecule has 2 aromatic rings. The Morgan fingerprint density at radius 1 is 1.18 bits per heavy atom. The smallest absolute Gasteiger partial charge is 0.262 e. The summed E-state index contributed by atoms with van der Waals surface area (Å²) in [5.41, 5.74) is 6.08. The molecule has 2 amide bonds. The van der Waals surface area contributed by atoms with E-state index in [1.807, 2.05) is 6.07 Å². The number of aromatic nitrogens is 1. The third-order valence-electron chi connectivity index (χ3n) is 3.27. The third-order valence-corrected chi connectivity index (χ3v) is 3.91. The highest BCUT2D eigenvalue weighted by Gasteiger charge is 2.32. The zero-order valence-corrected chi connectivity index (χ0v) is 12.5. The van der Waals surface area contributed by atoms with Gasteiger partial charge < -0.3 is 5.73 Å². The van der Waals surface area contributed by atoms with E-state index in [1.54, 1.807) is 0 Å². The van der Waals surface area contributed by atoms with Crippen LogP contribution in [0.3, 0.4) is 0 Å². The minimum Gasteiger partial charge on any atom is -0.384 e. The molecule has 7 nitrogen and oxygen atoms in total. The molecule has 8 heteroatoms. The maximum absolute atomic E-state index is 12.3. The summed E-state index contributed by atoms with van der Waals surface area (Å²) in [6.45, 7) is 0. The zero-order chi connectivity index (χ0) is 16.0. The molecular formula is C14H7BrN4O3. The molecule has 0 atom stereocenters. The number of hydrogen-bond acceptors (Lipinski definition) is 5. The van der Waals surface area contributed by atoms with Gasteiger partial charge in [-0.15, -0.1) is 0 Å². The molecule has 22 heavy (non-hydrogen) atoms. The van der Waals surface area contributed by atoms with E-state index >= 15 is 0 Å². The number of benzene rings is 1. The van der Waals surface area contributed by atoms with Crippen LogP contribution in [0.25, 0.3) is 5.69 Å². The van der Waals surface area contributed by atoms with E-state index in [0.717, 1.165) is 10.6 Å². The second-order valence-corrected chi connectivity index (χ2v) is 5.41. The van der Waals surface area contributed by atoms with E-state index in [-0.39, 0.29) is 16.9 Å². The van der Waals surface area contributed by atoms with Crippen LogP contribution in [0.4, 0.5) is 5.82 Å². The second-order valence-electron chi connectivity index (χ2n) is 4.55. The predicted octanol–water partition coefficient (Wildman–Crippen LogP) is 0.937. The van der Waals surface area contributed by atoms with Gasteiger partial charge >= 0.3 is 0 Å². The van der Waals surface area contributed by atoms with Crippen molar-refractivity contribution < 1.29 is 9.59 Å². The Morgan fingerprint density at radius 3 is 2.55 bits per heavy atom. The lowest BCUT2D eigenvalue weighted by molar-refractivity contribution is 0.0880. The summed E-state index contributed by atoms with van der Waals surface area (Å²) in [5.74, 6) is -1.41. The van der Waals surface area contributed by atoms with Crippen molar-refractivity contribution in [2.45, 2.75) is 0 Å². The minimum absolute atomic E-state index is 0.0270. The number of carbonyl (C=O) groups is 2. The quantitative estimate of drug-likeness (QED) is 0.735. The number of nitrogens with one attached hydrogen (secondary N) is 1. The van der Waals surface area contributed by atoms with E-state index in [9.17, 15) is 14.4 Å². The summed E-state index contributed by atoms with van der Waals surface area (Å²) in [6.07, 6.45) is 0. The first-order chi connectivity index (χ1) is 10.4. The molecule has 108 valence electrons. The Balaban J connectivity index is 2.33. The van der Waals surface area contributed by atoms with Crippen molar-refractivity contribution in [3.05, 3.63) is 55.8 Å². The first-order valence-corrected chi connectivity index (χ1v) is 6.84. The van der Waals surface area contributed by atoms with Crippen LogP contribution < -0.4 is 16.6 Å². The molecule has 0 radical (unpaired) electrons. The number of carbonyl (C=O) groups excluding carboxylic acids is 2. The number of nitrogens with zero attached hydrogens (tertiary/aromatic N) is 2. The molecule has 2 heterocycles. The number of nitrogen functional groups attached to an aromatic ring is 1. The van der Waals surface area contributed by atoms with Crippen molar-refractivity contribution in [3.8, 4) is 11.8 Å². The molecule has 1 aromatic carbocycles. The maximum atomic E-state index is 12.3. The first-order valence-electron chi connectivity index (χ1n) is 6.05. The summed E-state index contributed by atoms with van der Waals surface area (Å²) in [7, 11) is 0. The van der Waals surface area contributed by atoms with Gasteiger partial charge in [0.05, 0.1) is 28.4 Å². The summed E-state index contributed by atoms with van der Waals surface area (Å²) in [4.78, 5) is 35.7. The van der Waals surface area contributed by atoms with Gasteiger partial charge in [0.2, 0.25) is 0 Å². The van der Waals surface area contributed by atoms with Gasteiger partial charge in [-0.25, -0.2) is 0 Å². The Labute approximate surface area is 132 Å². The number of fused-ring (bicyclic) bond motifs is 1. The Morgan fingerprint density at radius 2 is 1.91 bits per heavy atom. The highest BCUT2D eigenvalue weighted by molar-refractivity contribution is 9.10. The van der Waals surface area contributed by atoms with Crippen LogP contribution >= 0.6 is 15.9 Å². The van der Waals surface area contributed by atoms with Crippen LogP contribution in [0.1, 0.15) is 26.3 Å². The Hall–Kier alpha value is -2.92. The molecule has 0 aliphatic carbocycles. The molecule has 1 aliphatic rings. The lowest BCUT2D eigenvalue weighted by Crippen LogP contribution is -2.24. The first kappa shape index (κ1) is 14.0. The number of halogens is 1. The second kappa shape index (κ2) is 4.82. The number of nitrogens with two attached hydrogens (primary N) is 1. The van der Waals surface area contributed by atoms with Gasteiger partial charge in [-0.05, 0) is 34.1 Å². The summed E-state index contributed by atoms with van der Waals surface area (Å²) in [6, 6.07) is 7.61. The fourth-order valence-electron chi connectivity index (χ4n) is 2.29. The molecule has 1 aliphatic heterocycles. The highest BCUT2D eigenvalue weighted by Crippen LogP contribution is 2.27. The Bertz CT molecular complexity index is 956. The summed E-state index contributed by atoms with van der Waals surface area (Å²) in [5, 5.41) is 11.0. The lowest BCUT2D eigenvalue weighted by atomic mass is 10.1. The number of anilines is 1. The normalized spacial score (nSPS) is 12.7. The van der Waals surface area contributed by atoms with Crippen LogP contribution in [0, 0.1) is 11.3 Å². The number of nitriles is 1. The summed E-state index contributed by atoms with van der Waals surface area (Å²) < 4.78 is 1.58. The van der Waals surface area contributed by atoms with Crippen molar-refractivity contribution in [1.82, 2.24) is 9.88 Å². The summed E-state index contributed by atoms with van der Waals surface area (Å²) >= 11 is 3.27. The van der Waals surface area contributed by atoms with Crippen LogP contribution in [-0.4, -0.2) is 16.4 Å². The van der Waals surface area contributed by atoms with Crippen LogP contribution in [0.2, 0.25) is 0 Å². The monoisotopic (exact) mass is 358 g/mol. The van der Waals surface area contributed by atoms with Crippen molar-refractivity contribution in [2.75, 3.05) is 5.73 Å². The van der Waals surface area contributed by atoms with Gasteiger partial charge in [0, 0.05) is 10.5 Å². The number of imide groups is 1. The maximum Gasteiger partial charge on any atom is 0.262 e. The van der Waals surface area contributed by atoms with Crippen LogP contribution in [0.15, 0.2) is 33.5 Å². The average Bonchev–Trinajstić information content (AvgIpc) is 2.75. The van der Waals surface area contributed by atoms with Gasteiger partial charge in [0.1, 0.15) is 5.82 Å². The molecule has 0 fully saturated rings. The third kappa shape index (κ3) is 1.91. The molecule has 3 N–H and O–H groups in total. The topological polar surface area (TPSA) is 118 Å². The SMILES string of the molecule is N#Cc1ccc(-n2c(N)c3c(cc2=O)C(=O)NC3=O)c(Br)c1. The molecule has 0 saturated heterocycles. The van der Waals surface area contributed by atoms with E-state index in [1.165, 1.54) is 18.2 Å².